The highest BCUT2D eigenvalue weighted by Gasteiger charge is 2.33. The van der Waals surface area contributed by atoms with Crippen LogP contribution in [-0.4, -0.2) is 6.29 Å². The molecule has 0 N–H and O–H groups in total. The number of carbonyl (C=O) groups excluding carboxylic acids is 1. The van der Waals surface area contributed by atoms with Gasteiger partial charge >= 0.3 is 0 Å². The van der Waals surface area contributed by atoms with Crippen LogP contribution < -0.4 is 10.0 Å². The quantitative estimate of drug-likeness (QED) is 0.255. The van der Waals surface area contributed by atoms with Gasteiger partial charge in [-0.2, -0.15) is 0 Å². The molecule has 3 aromatic carbocycles. The van der Waals surface area contributed by atoms with Gasteiger partial charge in [0.05, 0.1) is 0 Å². The van der Waals surface area contributed by atoms with E-state index in [-0.39, 0.29) is 10.6 Å². The van der Waals surface area contributed by atoms with Crippen molar-refractivity contribution in [2.75, 3.05) is 0 Å². The van der Waals surface area contributed by atoms with Crippen molar-refractivity contribution in [2.24, 2.45) is 0 Å². The maximum Gasteiger partial charge on any atom is 0.150 e. The lowest BCUT2D eigenvalue weighted by Crippen LogP contribution is -2.24. The lowest BCUT2D eigenvalue weighted by atomic mass is 9.81. The maximum atomic E-state index is 11.8. The summed E-state index contributed by atoms with van der Waals surface area (Å²) in [6.07, 6.45) is 1.95. The minimum absolute atomic E-state index is 0.0532. The number of carbonyl (C=O) groups is 1. The van der Waals surface area contributed by atoms with Crippen molar-refractivity contribution < 1.29 is 9.53 Å². The van der Waals surface area contributed by atoms with Crippen LogP contribution in [0.2, 0.25) is 0 Å². The van der Waals surface area contributed by atoms with E-state index in [0.29, 0.717) is 15.2 Å². The van der Waals surface area contributed by atoms with E-state index in [9.17, 15) is 4.79 Å². The molecule has 0 heterocycles. The predicted octanol–water partition coefficient (Wildman–Crippen LogP) is 7.62. The molecule has 0 aliphatic rings. The van der Waals surface area contributed by atoms with Crippen LogP contribution in [0.5, 0.6) is 5.75 Å². The van der Waals surface area contributed by atoms with Gasteiger partial charge in [0.15, 0.2) is 6.29 Å². The van der Waals surface area contributed by atoms with E-state index in [1.54, 1.807) is 0 Å². The summed E-state index contributed by atoms with van der Waals surface area (Å²) < 4.78 is 6.63. The fraction of sp³-hybridized carbons (Fsp3) is 0.367. The zero-order chi connectivity index (χ0) is 24.2. The third-order valence-electron chi connectivity index (χ3n) is 6.31. The first-order chi connectivity index (χ1) is 15.6. The molecule has 0 radical (unpaired) electrons. The second-order valence-electron chi connectivity index (χ2n) is 10.2. The molecule has 3 heteroatoms. The first-order valence-corrected chi connectivity index (χ1v) is 12.7. The summed E-state index contributed by atoms with van der Waals surface area (Å²) in [4.78, 5) is 11.8. The SMILES string of the molecule is CCC(C)(Pc1ccc(C)cc1C=O)c1cc(C)cc(C(C)(C)C)c1OCc1ccccc1. The van der Waals surface area contributed by atoms with Crippen molar-refractivity contribution in [1.29, 1.82) is 0 Å². The average molecular weight is 461 g/mol. The van der Waals surface area contributed by atoms with Gasteiger partial charge in [-0.3, -0.25) is 4.79 Å². The van der Waals surface area contributed by atoms with E-state index in [2.05, 4.69) is 90.1 Å². The van der Waals surface area contributed by atoms with Gasteiger partial charge in [-0.15, -0.1) is 0 Å². The molecule has 2 atom stereocenters. The van der Waals surface area contributed by atoms with Crippen LogP contribution in [0.1, 0.15) is 79.2 Å². The Morgan fingerprint density at radius 3 is 2.15 bits per heavy atom. The van der Waals surface area contributed by atoms with Crippen LogP contribution in [0.15, 0.2) is 60.7 Å². The summed E-state index contributed by atoms with van der Waals surface area (Å²) in [5.41, 5.74) is 6.73. The smallest absolute Gasteiger partial charge is 0.150 e. The molecule has 0 saturated carbocycles. The average Bonchev–Trinajstić information content (AvgIpc) is 2.78. The molecule has 3 rings (SSSR count). The van der Waals surface area contributed by atoms with Crippen molar-refractivity contribution in [3.8, 4) is 5.75 Å². The summed E-state index contributed by atoms with van der Waals surface area (Å²) in [6, 6.07) is 21.1. The molecule has 0 aliphatic heterocycles. The Balaban J connectivity index is 2.13. The van der Waals surface area contributed by atoms with Gasteiger partial charge in [-0.25, -0.2) is 0 Å². The highest BCUT2D eigenvalue weighted by atomic mass is 31.1. The lowest BCUT2D eigenvalue weighted by molar-refractivity contribution is 0.112. The third-order valence-corrected chi connectivity index (χ3v) is 8.21. The highest BCUT2D eigenvalue weighted by molar-refractivity contribution is 7.48. The number of aldehydes is 1. The van der Waals surface area contributed by atoms with E-state index >= 15 is 0 Å². The maximum absolute atomic E-state index is 11.8. The third kappa shape index (κ3) is 5.92. The fourth-order valence-electron chi connectivity index (χ4n) is 4.16. The van der Waals surface area contributed by atoms with Gasteiger partial charge in [0.1, 0.15) is 12.4 Å². The van der Waals surface area contributed by atoms with E-state index < -0.39 is 0 Å². The van der Waals surface area contributed by atoms with Crippen molar-refractivity contribution in [3.63, 3.8) is 0 Å². The van der Waals surface area contributed by atoms with Gasteiger partial charge in [-0.1, -0.05) is 109 Å². The summed E-state index contributed by atoms with van der Waals surface area (Å²) >= 11 is 0. The number of hydrogen-bond donors (Lipinski definition) is 0. The molecule has 2 unspecified atom stereocenters. The first kappa shape index (κ1) is 25.2. The van der Waals surface area contributed by atoms with Gasteiger partial charge in [0.2, 0.25) is 0 Å². The van der Waals surface area contributed by atoms with Crippen molar-refractivity contribution in [3.05, 3.63) is 94.0 Å². The second-order valence-corrected chi connectivity index (χ2v) is 12.1. The molecule has 174 valence electrons. The zero-order valence-corrected chi connectivity index (χ0v) is 22.1. The molecule has 2 nitrogen and oxygen atoms in total. The topological polar surface area (TPSA) is 26.3 Å². The molecular formula is C30H37O2P. The molecule has 0 bridgehead atoms. The van der Waals surface area contributed by atoms with Gasteiger partial charge in [0, 0.05) is 21.8 Å². The molecule has 0 amide bonds. The molecule has 0 fully saturated rings. The number of benzene rings is 3. The Morgan fingerprint density at radius 2 is 1.55 bits per heavy atom. The Labute approximate surface area is 201 Å². The number of hydrogen-bond acceptors (Lipinski definition) is 2. The Hall–Kier alpha value is -2.44. The Bertz CT molecular complexity index is 1110. The fourth-order valence-corrected chi connectivity index (χ4v) is 5.70. The van der Waals surface area contributed by atoms with E-state index in [1.807, 2.05) is 19.1 Å². The normalized spacial score (nSPS) is 13.8. The van der Waals surface area contributed by atoms with Crippen LogP contribution in [0.25, 0.3) is 0 Å². The Morgan fingerprint density at radius 1 is 0.879 bits per heavy atom. The van der Waals surface area contributed by atoms with Crippen molar-refractivity contribution in [2.45, 2.75) is 72.1 Å². The van der Waals surface area contributed by atoms with Crippen molar-refractivity contribution in [1.82, 2.24) is 0 Å². The number of rotatable bonds is 8. The van der Waals surface area contributed by atoms with Crippen molar-refractivity contribution >= 4 is 20.2 Å². The summed E-state index contributed by atoms with van der Waals surface area (Å²) in [5.74, 6) is 0.994. The van der Waals surface area contributed by atoms with Gasteiger partial charge in [-0.05, 0) is 42.6 Å². The van der Waals surface area contributed by atoms with Crippen LogP contribution in [-0.2, 0) is 17.2 Å². The first-order valence-electron chi connectivity index (χ1n) is 11.7. The monoisotopic (exact) mass is 460 g/mol. The zero-order valence-electron chi connectivity index (χ0n) is 21.1. The molecular weight excluding hydrogens is 423 g/mol. The minimum atomic E-state index is -0.148. The summed E-state index contributed by atoms with van der Waals surface area (Å²) in [5, 5.41) is 0.971. The number of ether oxygens (including phenoxy) is 1. The van der Waals surface area contributed by atoms with E-state index in [1.165, 1.54) is 16.7 Å². The Kier molecular flexibility index (Phi) is 7.80. The largest absolute Gasteiger partial charge is 0.488 e. The van der Waals surface area contributed by atoms with E-state index in [0.717, 1.165) is 40.5 Å². The summed E-state index contributed by atoms with van der Waals surface area (Å²) in [6.45, 7) is 16.0. The molecule has 33 heavy (non-hydrogen) atoms. The van der Waals surface area contributed by atoms with E-state index in [4.69, 9.17) is 4.74 Å². The predicted molar refractivity (Wildman–Crippen MR) is 143 cm³/mol. The standard InChI is InChI=1S/C30H37O2P/c1-8-30(7,33-27-15-14-21(2)16-24(27)19-31)26-18-22(3)17-25(29(4,5)6)28(26)32-20-23-12-10-9-11-13-23/h9-19,33H,8,20H2,1-7H3. The van der Waals surface area contributed by atoms with Crippen LogP contribution in [0, 0.1) is 13.8 Å². The van der Waals surface area contributed by atoms with Crippen LogP contribution in [0.3, 0.4) is 0 Å². The van der Waals surface area contributed by atoms with Gasteiger partial charge < -0.3 is 4.74 Å². The lowest BCUT2D eigenvalue weighted by Gasteiger charge is -2.35. The van der Waals surface area contributed by atoms with Crippen LogP contribution >= 0.6 is 8.58 Å². The molecule has 0 aromatic heterocycles. The second kappa shape index (κ2) is 10.2. The molecule has 0 aliphatic carbocycles. The molecule has 0 spiro atoms. The molecule has 3 aromatic rings. The number of aryl methyl sites for hydroxylation is 2. The van der Waals surface area contributed by atoms with Gasteiger partial charge in [0.25, 0.3) is 0 Å². The van der Waals surface area contributed by atoms with Crippen LogP contribution in [0.4, 0.5) is 0 Å². The molecule has 0 saturated heterocycles. The minimum Gasteiger partial charge on any atom is -0.488 e. The highest BCUT2D eigenvalue weighted by Crippen LogP contribution is 2.50. The summed E-state index contributed by atoms with van der Waals surface area (Å²) in [7, 11) is 0.460.